The van der Waals surface area contributed by atoms with Gasteiger partial charge in [0, 0.05) is 47.4 Å². The predicted molar refractivity (Wildman–Crippen MR) is 136 cm³/mol. The summed E-state index contributed by atoms with van der Waals surface area (Å²) in [5.74, 6) is 0.450. The fourth-order valence-electron chi connectivity index (χ4n) is 4.53. The minimum atomic E-state index is -0.274. The molecule has 4 heterocycles. The smallest absolute Gasteiger partial charge is 0.138 e. The predicted octanol–water partition coefficient (Wildman–Crippen LogP) is 5.82. The van der Waals surface area contributed by atoms with E-state index in [9.17, 15) is 8.78 Å². The third-order valence-corrected chi connectivity index (χ3v) is 8.19. The molecule has 0 aliphatic carbocycles. The molecule has 2 aromatic carbocycles. The third-order valence-electron chi connectivity index (χ3n) is 6.34. The molecule has 0 radical (unpaired) electrons. The van der Waals surface area contributed by atoms with Gasteiger partial charge in [-0.3, -0.25) is 4.90 Å². The highest BCUT2D eigenvalue weighted by Gasteiger charge is 2.27. The van der Waals surface area contributed by atoms with Crippen molar-refractivity contribution in [1.82, 2.24) is 29.6 Å². The molecule has 1 unspecified atom stereocenters. The van der Waals surface area contributed by atoms with Crippen molar-refractivity contribution >= 4 is 22.7 Å². The van der Waals surface area contributed by atoms with Crippen molar-refractivity contribution in [3.05, 3.63) is 94.5 Å². The van der Waals surface area contributed by atoms with Gasteiger partial charge < -0.3 is 0 Å². The zero-order valence-corrected chi connectivity index (χ0v) is 20.9. The Morgan fingerprint density at radius 2 is 1.44 bits per heavy atom. The van der Waals surface area contributed by atoms with Crippen LogP contribution in [-0.2, 0) is 26.1 Å². The first-order valence-corrected chi connectivity index (χ1v) is 13.4. The molecule has 1 aliphatic rings. The van der Waals surface area contributed by atoms with E-state index in [-0.39, 0.29) is 17.7 Å². The minimum Gasteiger partial charge on any atom is -0.287 e. The highest BCUT2D eigenvalue weighted by molar-refractivity contribution is 7.13. The van der Waals surface area contributed by atoms with Crippen LogP contribution in [0.15, 0.2) is 65.6 Å². The summed E-state index contributed by atoms with van der Waals surface area (Å²) in [4.78, 5) is 16.2. The van der Waals surface area contributed by atoms with Crippen LogP contribution in [0.4, 0.5) is 8.78 Å². The Bertz CT molecular complexity index is 1410. The topological polar surface area (TPSA) is 59.7 Å². The molecule has 0 saturated carbocycles. The first-order valence-electron chi connectivity index (χ1n) is 11.6. The summed E-state index contributed by atoms with van der Waals surface area (Å²) in [6, 6.07) is 13.6. The second-order valence-electron chi connectivity index (χ2n) is 8.70. The molecule has 36 heavy (non-hydrogen) atoms. The monoisotopic (exact) mass is 520 g/mol. The van der Waals surface area contributed by atoms with Gasteiger partial charge in [-0.05, 0) is 30.7 Å². The van der Waals surface area contributed by atoms with E-state index >= 15 is 0 Å². The lowest BCUT2D eigenvalue weighted by molar-refractivity contribution is 0.132. The zero-order valence-electron chi connectivity index (χ0n) is 19.2. The Labute approximate surface area is 214 Å². The Morgan fingerprint density at radius 3 is 2.03 bits per heavy atom. The number of rotatable bonds is 7. The second kappa shape index (κ2) is 9.96. The Kier molecular flexibility index (Phi) is 6.39. The van der Waals surface area contributed by atoms with Crippen molar-refractivity contribution in [2.75, 3.05) is 0 Å². The van der Waals surface area contributed by atoms with Crippen molar-refractivity contribution in [2.24, 2.45) is 0 Å². The van der Waals surface area contributed by atoms with E-state index in [0.717, 1.165) is 36.6 Å². The van der Waals surface area contributed by atoms with Gasteiger partial charge in [-0.2, -0.15) is 5.10 Å². The summed E-state index contributed by atoms with van der Waals surface area (Å²) in [7, 11) is 0. The van der Waals surface area contributed by atoms with E-state index < -0.39 is 0 Å². The molecule has 5 aromatic rings. The molecule has 182 valence electrons. The van der Waals surface area contributed by atoms with Crippen molar-refractivity contribution in [2.45, 2.75) is 38.5 Å². The van der Waals surface area contributed by atoms with Crippen LogP contribution in [-0.4, -0.2) is 35.7 Å². The number of aryl methyl sites for hydroxylation is 1. The molecular weight excluding hydrogens is 498 g/mol. The van der Waals surface area contributed by atoms with Crippen LogP contribution in [0.1, 0.15) is 23.6 Å². The summed E-state index contributed by atoms with van der Waals surface area (Å²) in [6.07, 6.45) is 3.38. The molecule has 0 bridgehead atoms. The molecule has 6 rings (SSSR count). The molecule has 0 fully saturated rings. The molecule has 0 amide bonds. The van der Waals surface area contributed by atoms with Crippen molar-refractivity contribution in [3.63, 3.8) is 0 Å². The molecule has 0 spiro atoms. The van der Waals surface area contributed by atoms with Crippen molar-refractivity contribution in [3.8, 4) is 21.1 Å². The fourth-order valence-corrected chi connectivity index (χ4v) is 6.20. The maximum absolute atomic E-state index is 14.3. The van der Waals surface area contributed by atoms with Gasteiger partial charge >= 0.3 is 0 Å². The molecule has 1 atom stereocenters. The summed E-state index contributed by atoms with van der Waals surface area (Å²) in [5, 5.41) is 9.69. The Morgan fingerprint density at radius 1 is 0.861 bits per heavy atom. The Balaban J connectivity index is 1.27. The van der Waals surface area contributed by atoms with Crippen LogP contribution in [0.3, 0.4) is 0 Å². The standard InChI is InChI=1S/C26H22F2N6S2/c27-22-7-3-1-5-20(22)25-31-17(14-35-25)11-33(19-9-10-24-29-16-30-34(24)13-19)12-18-15-36-26(32-18)21-6-2-4-8-23(21)28/h1-8,14-16,19H,9-13H2. The molecule has 3 aromatic heterocycles. The molecule has 1 aliphatic heterocycles. The van der Waals surface area contributed by atoms with Gasteiger partial charge in [0.05, 0.1) is 17.9 Å². The lowest BCUT2D eigenvalue weighted by Gasteiger charge is -2.33. The highest BCUT2D eigenvalue weighted by Crippen LogP contribution is 2.30. The average molecular weight is 521 g/mol. The Hall–Kier alpha value is -3.34. The van der Waals surface area contributed by atoms with Crippen molar-refractivity contribution < 1.29 is 8.78 Å². The average Bonchev–Trinajstić information content (AvgIpc) is 3.65. The van der Waals surface area contributed by atoms with Gasteiger partial charge in [0.2, 0.25) is 0 Å². The van der Waals surface area contributed by atoms with Crippen LogP contribution < -0.4 is 0 Å². The number of hydrogen-bond acceptors (Lipinski definition) is 7. The minimum absolute atomic E-state index is 0.205. The number of fused-ring (bicyclic) bond motifs is 1. The third kappa shape index (κ3) is 4.71. The normalized spacial score (nSPS) is 15.4. The summed E-state index contributed by atoms with van der Waals surface area (Å²) in [6.45, 7) is 1.91. The first-order chi connectivity index (χ1) is 17.6. The quantitative estimate of drug-likeness (QED) is 0.271. The molecule has 10 heteroatoms. The number of nitrogens with zero attached hydrogens (tertiary/aromatic N) is 6. The van der Waals surface area contributed by atoms with Crippen LogP contribution in [0.25, 0.3) is 21.1 Å². The first kappa shape index (κ1) is 23.1. The number of thiazole rings is 2. The van der Waals surface area contributed by atoms with Gasteiger partial charge in [0.25, 0.3) is 0 Å². The van der Waals surface area contributed by atoms with Crippen LogP contribution in [0, 0.1) is 11.6 Å². The number of hydrogen-bond donors (Lipinski definition) is 0. The van der Waals surface area contributed by atoms with E-state index in [0.29, 0.717) is 34.2 Å². The van der Waals surface area contributed by atoms with Gasteiger partial charge in [-0.15, -0.1) is 22.7 Å². The zero-order chi connectivity index (χ0) is 24.5. The van der Waals surface area contributed by atoms with E-state index in [4.69, 9.17) is 9.97 Å². The van der Waals surface area contributed by atoms with E-state index in [2.05, 4.69) is 15.0 Å². The second-order valence-corrected chi connectivity index (χ2v) is 10.4. The number of halogens is 2. The molecule has 0 N–H and O–H groups in total. The lowest BCUT2D eigenvalue weighted by atomic mass is 10.1. The summed E-state index contributed by atoms with van der Waals surface area (Å²) in [5.41, 5.74) is 2.79. The van der Waals surface area contributed by atoms with E-state index in [1.165, 1.54) is 34.8 Å². The number of benzene rings is 2. The van der Waals surface area contributed by atoms with Gasteiger partial charge in [-0.25, -0.2) is 28.4 Å². The van der Waals surface area contributed by atoms with E-state index in [1.54, 1.807) is 30.6 Å². The highest BCUT2D eigenvalue weighted by atomic mass is 32.1. The molecule has 0 saturated heterocycles. The lowest BCUT2D eigenvalue weighted by Crippen LogP contribution is -2.41. The largest absolute Gasteiger partial charge is 0.287 e. The van der Waals surface area contributed by atoms with E-state index in [1.807, 2.05) is 27.6 Å². The molecule has 6 nitrogen and oxygen atoms in total. The van der Waals surface area contributed by atoms with Crippen LogP contribution in [0.5, 0.6) is 0 Å². The molecular formula is C26H22F2N6S2. The van der Waals surface area contributed by atoms with Gasteiger partial charge in [0.15, 0.2) is 0 Å². The maximum Gasteiger partial charge on any atom is 0.138 e. The van der Waals surface area contributed by atoms with Crippen LogP contribution in [0.2, 0.25) is 0 Å². The SMILES string of the molecule is Fc1ccccc1-c1nc(CN(Cc2csc(-c3ccccc3F)n2)C2CCc3ncnn3C2)cs1. The fraction of sp³-hybridized carbons (Fsp3) is 0.231. The van der Waals surface area contributed by atoms with Crippen LogP contribution >= 0.6 is 22.7 Å². The summed E-state index contributed by atoms with van der Waals surface area (Å²) >= 11 is 2.89. The van der Waals surface area contributed by atoms with Crippen molar-refractivity contribution in [1.29, 1.82) is 0 Å². The van der Waals surface area contributed by atoms with Gasteiger partial charge in [0.1, 0.15) is 33.8 Å². The summed E-state index contributed by atoms with van der Waals surface area (Å²) < 4.78 is 30.6. The van der Waals surface area contributed by atoms with Gasteiger partial charge in [-0.1, -0.05) is 24.3 Å². The maximum atomic E-state index is 14.3. The number of aromatic nitrogens is 5.